The first-order valence-electron chi connectivity index (χ1n) is 14.1. The number of aromatic nitrogens is 1. The number of anilines is 1. The molecule has 8 heteroatoms. The molecule has 3 aliphatic rings. The van der Waals surface area contributed by atoms with Gasteiger partial charge in [0.2, 0.25) is 11.8 Å². The summed E-state index contributed by atoms with van der Waals surface area (Å²) in [6.45, 7) is 6.24. The molecule has 4 rings (SSSR count). The minimum Gasteiger partial charge on any atom is -0.396 e. The first kappa shape index (κ1) is 27.5. The van der Waals surface area contributed by atoms with E-state index in [-0.39, 0.29) is 41.7 Å². The van der Waals surface area contributed by atoms with Crippen molar-refractivity contribution >= 4 is 28.3 Å². The van der Waals surface area contributed by atoms with Gasteiger partial charge in [0, 0.05) is 35.1 Å². The molecule has 2 amide bonds. The molecule has 2 fully saturated rings. The van der Waals surface area contributed by atoms with Crippen LogP contribution in [-0.2, 0) is 16.0 Å². The summed E-state index contributed by atoms with van der Waals surface area (Å²) < 4.78 is 0. The van der Waals surface area contributed by atoms with Gasteiger partial charge in [-0.25, -0.2) is 4.98 Å². The van der Waals surface area contributed by atoms with Crippen molar-refractivity contribution in [3.05, 3.63) is 10.6 Å². The number of hydrogen-bond donors (Lipinski definition) is 4. The lowest BCUT2D eigenvalue weighted by Gasteiger charge is -2.58. The fourth-order valence-electron chi connectivity index (χ4n) is 7.14. The summed E-state index contributed by atoms with van der Waals surface area (Å²) in [5, 5.41) is 28.3. The van der Waals surface area contributed by atoms with Crippen molar-refractivity contribution in [2.24, 2.45) is 16.7 Å². The average Bonchev–Trinajstić information content (AvgIpc) is 3.25. The molecule has 0 aliphatic heterocycles. The van der Waals surface area contributed by atoms with Crippen LogP contribution in [0.4, 0.5) is 5.13 Å². The van der Waals surface area contributed by atoms with E-state index in [4.69, 9.17) is 4.98 Å². The lowest BCUT2D eigenvalue weighted by Crippen LogP contribution is -2.57. The van der Waals surface area contributed by atoms with Gasteiger partial charge in [0.15, 0.2) is 5.13 Å². The Hall–Kier alpha value is -1.51. The molecule has 7 nitrogen and oxygen atoms in total. The molecule has 2 saturated carbocycles. The van der Waals surface area contributed by atoms with E-state index in [2.05, 4.69) is 24.5 Å². The highest BCUT2D eigenvalue weighted by Gasteiger charge is 2.59. The van der Waals surface area contributed by atoms with Gasteiger partial charge in [-0.3, -0.25) is 9.59 Å². The minimum atomic E-state index is -0.643. The number of unbranched alkanes of at least 4 members (excludes halogenated alkanes) is 2. The quantitative estimate of drug-likeness (QED) is 0.346. The molecule has 0 aromatic carbocycles. The Morgan fingerprint density at radius 1 is 1.11 bits per heavy atom. The molecule has 1 aromatic rings. The number of thiazole rings is 1. The summed E-state index contributed by atoms with van der Waals surface area (Å²) in [6.07, 6.45) is 11.0. The predicted octanol–water partition coefficient (Wildman–Crippen LogP) is 4.92. The van der Waals surface area contributed by atoms with Gasteiger partial charge in [0.1, 0.15) is 0 Å². The van der Waals surface area contributed by atoms with Crippen LogP contribution in [0.5, 0.6) is 0 Å². The van der Waals surface area contributed by atoms with Crippen LogP contribution in [0.25, 0.3) is 0 Å². The van der Waals surface area contributed by atoms with E-state index < -0.39 is 11.5 Å². The SMILES string of the molecule is CCCCCC(=O)Nc1nc2c(s1)C[C@H]1[C@](C)(CO)[C@H](O)CC[C@@]1(C)[C@@H]2CC(=O)NC1CCCCC1. The third kappa shape index (κ3) is 5.51. The minimum absolute atomic E-state index is 0.0135. The number of carbonyl (C=O) groups is 2. The van der Waals surface area contributed by atoms with E-state index in [0.29, 0.717) is 30.8 Å². The van der Waals surface area contributed by atoms with Crippen molar-refractivity contribution in [2.45, 2.75) is 122 Å². The molecule has 202 valence electrons. The fraction of sp³-hybridized carbons (Fsp3) is 0.821. The summed E-state index contributed by atoms with van der Waals surface area (Å²) >= 11 is 1.50. The summed E-state index contributed by atoms with van der Waals surface area (Å²) in [7, 11) is 0. The number of nitrogens with zero attached hydrogens (tertiary/aromatic N) is 1. The fourth-order valence-corrected chi connectivity index (χ4v) is 8.22. The smallest absolute Gasteiger partial charge is 0.226 e. The highest BCUT2D eigenvalue weighted by atomic mass is 32.1. The Morgan fingerprint density at radius 2 is 1.86 bits per heavy atom. The third-order valence-electron chi connectivity index (χ3n) is 9.51. The second-order valence-corrected chi connectivity index (χ2v) is 13.1. The van der Waals surface area contributed by atoms with Crippen molar-refractivity contribution in [3.8, 4) is 0 Å². The maximum atomic E-state index is 13.3. The third-order valence-corrected chi connectivity index (χ3v) is 10.5. The molecule has 1 heterocycles. The Kier molecular flexibility index (Phi) is 8.78. The number of carbonyl (C=O) groups excluding carboxylic acids is 2. The largest absolute Gasteiger partial charge is 0.396 e. The number of nitrogens with one attached hydrogen (secondary N) is 2. The second-order valence-electron chi connectivity index (χ2n) is 12.0. The monoisotopic (exact) mass is 519 g/mol. The zero-order chi connectivity index (χ0) is 25.9. The van der Waals surface area contributed by atoms with E-state index in [1.807, 2.05) is 6.92 Å². The molecule has 1 aromatic heterocycles. The van der Waals surface area contributed by atoms with Crippen LogP contribution in [-0.4, -0.2) is 45.8 Å². The van der Waals surface area contributed by atoms with Crippen LogP contribution in [0, 0.1) is 16.7 Å². The van der Waals surface area contributed by atoms with Gasteiger partial charge in [-0.2, -0.15) is 0 Å². The van der Waals surface area contributed by atoms with E-state index in [9.17, 15) is 19.8 Å². The van der Waals surface area contributed by atoms with Crippen molar-refractivity contribution in [1.29, 1.82) is 0 Å². The van der Waals surface area contributed by atoms with Crippen LogP contribution < -0.4 is 10.6 Å². The van der Waals surface area contributed by atoms with Crippen LogP contribution in [0.1, 0.15) is 114 Å². The van der Waals surface area contributed by atoms with Crippen LogP contribution in [0.15, 0.2) is 0 Å². The lowest BCUT2D eigenvalue weighted by atomic mass is 9.47. The van der Waals surface area contributed by atoms with E-state index in [1.54, 1.807) is 0 Å². The summed E-state index contributed by atoms with van der Waals surface area (Å²) in [5.41, 5.74) is 0.0125. The lowest BCUT2D eigenvalue weighted by molar-refractivity contribution is -0.144. The highest BCUT2D eigenvalue weighted by Crippen LogP contribution is 2.62. The molecule has 5 atom stereocenters. The molecule has 0 bridgehead atoms. The van der Waals surface area contributed by atoms with Crippen molar-refractivity contribution in [1.82, 2.24) is 10.3 Å². The number of amides is 2. The predicted molar refractivity (Wildman–Crippen MR) is 143 cm³/mol. The normalized spacial score (nSPS) is 32.4. The van der Waals surface area contributed by atoms with Gasteiger partial charge in [-0.15, -0.1) is 11.3 Å². The van der Waals surface area contributed by atoms with Crippen molar-refractivity contribution < 1.29 is 19.8 Å². The van der Waals surface area contributed by atoms with Gasteiger partial charge in [-0.1, -0.05) is 52.9 Å². The Balaban J connectivity index is 1.61. The van der Waals surface area contributed by atoms with Crippen molar-refractivity contribution in [2.75, 3.05) is 11.9 Å². The highest BCUT2D eigenvalue weighted by molar-refractivity contribution is 7.15. The van der Waals surface area contributed by atoms with Gasteiger partial charge < -0.3 is 20.8 Å². The number of fused-ring (bicyclic) bond motifs is 2. The number of aliphatic hydroxyl groups is 2. The standard InChI is InChI=1S/C28H45N3O4S/c1-4-5-7-12-23(34)30-26-31-25-19(15-24(35)29-18-10-8-6-9-11-18)27(2)14-13-22(33)28(3,17-32)21(27)16-20(25)36-26/h18-19,21-22,32-33H,4-17H2,1-3H3,(H,29,35)(H,30,31,34)/t19-,21-,22-,27+,28+/m1/s1. The summed E-state index contributed by atoms with van der Waals surface area (Å²) in [6, 6.07) is 0.252. The van der Waals surface area contributed by atoms with E-state index in [0.717, 1.165) is 49.1 Å². The zero-order valence-corrected chi connectivity index (χ0v) is 23.1. The van der Waals surface area contributed by atoms with Crippen LogP contribution in [0.2, 0.25) is 0 Å². The first-order chi connectivity index (χ1) is 17.2. The molecule has 4 N–H and O–H groups in total. The van der Waals surface area contributed by atoms with Crippen molar-refractivity contribution in [3.63, 3.8) is 0 Å². The topological polar surface area (TPSA) is 112 Å². The zero-order valence-electron chi connectivity index (χ0n) is 22.3. The van der Waals surface area contributed by atoms with Gasteiger partial charge in [-0.05, 0) is 49.9 Å². The van der Waals surface area contributed by atoms with Gasteiger partial charge in [0.05, 0.1) is 18.4 Å². The summed E-state index contributed by atoms with van der Waals surface area (Å²) in [4.78, 5) is 31.8. The number of aliphatic hydroxyl groups excluding tert-OH is 2. The van der Waals surface area contributed by atoms with Gasteiger partial charge in [0.25, 0.3) is 0 Å². The molecule has 0 radical (unpaired) electrons. The number of hydrogen-bond acceptors (Lipinski definition) is 6. The molecule has 0 spiro atoms. The maximum Gasteiger partial charge on any atom is 0.226 e. The van der Waals surface area contributed by atoms with Gasteiger partial charge >= 0.3 is 0 Å². The molecule has 0 saturated heterocycles. The Morgan fingerprint density at radius 3 is 2.56 bits per heavy atom. The average molecular weight is 520 g/mol. The maximum absolute atomic E-state index is 13.3. The molecular formula is C28H45N3O4S. The van der Waals surface area contributed by atoms with E-state index in [1.165, 1.54) is 30.6 Å². The molecule has 36 heavy (non-hydrogen) atoms. The van der Waals surface area contributed by atoms with Crippen LogP contribution >= 0.6 is 11.3 Å². The molecule has 3 aliphatic carbocycles. The number of rotatable bonds is 9. The van der Waals surface area contributed by atoms with Crippen LogP contribution in [0.3, 0.4) is 0 Å². The first-order valence-corrected chi connectivity index (χ1v) is 14.9. The molecule has 0 unspecified atom stereocenters. The second kappa shape index (κ2) is 11.5. The van der Waals surface area contributed by atoms with E-state index >= 15 is 0 Å². The molecular weight excluding hydrogens is 474 g/mol. The summed E-state index contributed by atoms with van der Waals surface area (Å²) in [5.74, 6) is -0.0439. The Bertz CT molecular complexity index is 930. The Labute approximate surface area is 219 Å².